The summed E-state index contributed by atoms with van der Waals surface area (Å²) in [5, 5.41) is 9.39. The van der Waals surface area contributed by atoms with Crippen LogP contribution in [0.2, 0.25) is 0 Å². The summed E-state index contributed by atoms with van der Waals surface area (Å²) in [7, 11) is 0. The standard InChI is InChI=1S/C16H20N2O3/c1-3-10-7-8-13(9(10)2)18-14-11(15(19)20)5-4-6-12(14)17-16(18)21/h4-6,9-10,13H,3,7-8H2,1-2H3,(H,17,21)(H,19,20). The lowest BCUT2D eigenvalue weighted by Crippen LogP contribution is -2.26. The third-order valence-electron chi connectivity index (χ3n) is 5.01. The minimum absolute atomic E-state index is 0.0803. The lowest BCUT2D eigenvalue weighted by Gasteiger charge is -2.21. The second kappa shape index (κ2) is 5.06. The Morgan fingerprint density at radius 2 is 2.19 bits per heavy atom. The van der Waals surface area contributed by atoms with Crippen molar-refractivity contribution in [3.8, 4) is 0 Å². The Bertz CT molecular complexity index is 744. The topological polar surface area (TPSA) is 75.1 Å². The van der Waals surface area contributed by atoms with Gasteiger partial charge in [0.05, 0.1) is 16.6 Å². The van der Waals surface area contributed by atoms with E-state index in [1.165, 1.54) is 0 Å². The van der Waals surface area contributed by atoms with Gasteiger partial charge in [0.1, 0.15) is 0 Å². The first kappa shape index (κ1) is 13.9. The van der Waals surface area contributed by atoms with Gasteiger partial charge in [-0.25, -0.2) is 9.59 Å². The monoisotopic (exact) mass is 288 g/mol. The number of rotatable bonds is 3. The molecule has 0 bridgehead atoms. The molecule has 0 radical (unpaired) electrons. The number of H-pyrrole nitrogens is 1. The minimum atomic E-state index is -0.994. The molecule has 1 fully saturated rings. The SMILES string of the molecule is CCC1CCC(n2c(=O)[nH]c3cccc(C(=O)O)c32)C1C. The molecule has 1 aromatic carbocycles. The Kier molecular flexibility index (Phi) is 3.35. The first-order chi connectivity index (χ1) is 10.0. The number of para-hydroxylation sites is 1. The maximum Gasteiger partial charge on any atom is 0.337 e. The quantitative estimate of drug-likeness (QED) is 0.911. The van der Waals surface area contributed by atoms with E-state index in [1.54, 1.807) is 22.8 Å². The molecule has 3 rings (SSSR count). The van der Waals surface area contributed by atoms with Gasteiger partial charge in [0.2, 0.25) is 0 Å². The molecular weight excluding hydrogens is 268 g/mol. The van der Waals surface area contributed by atoms with Gasteiger partial charge in [-0.05, 0) is 36.8 Å². The van der Waals surface area contributed by atoms with E-state index < -0.39 is 5.97 Å². The maximum absolute atomic E-state index is 12.4. The fourth-order valence-electron chi connectivity index (χ4n) is 3.83. The molecule has 0 aliphatic heterocycles. The van der Waals surface area contributed by atoms with Crippen LogP contribution < -0.4 is 5.69 Å². The minimum Gasteiger partial charge on any atom is -0.478 e. The van der Waals surface area contributed by atoms with E-state index in [2.05, 4.69) is 18.8 Å². The van der Waals surface area contributed by atoms with Crippen molar-refractivity contribution >= 4 is 17.0 Å². The molecule has 1 saturated carbocycles. The van der Waals surface area contributed by atoms with Crippen LogP contribution in [0.25, 0.3) is 11.0 Å². The molecule has 1 aliphatic rings. The molecule has 1 heterocycles. The highest BCUT2D eigenvalue weighted by molar-refractivity contribution is 6.01. The van der Waals surface area contributed by atoms with Crippen LogP contribution in [-0.2, 0) is 0 Å². The van der Waals surface area contributed by atoms with E-state index >= 15 is 0 Å². The molecule has 1 aliphatic carbocycles. The first-order valence-electron chi connectivity index (χ1n) is 7.51. The number of carboxylic acids is 1. The van der Waals surface area contributed by atoms with Crippen molar-refractivity contribution in [3.63, 3.8) is 0 Å². The number of hydrogen-bond donors (Lipinski definition) is 2. The van der Waals surface area contributed by atoms with Gasteiger partial charge in [0.25, 0.3) is 0 Å². The summed E-state index contributed by atoms with van der Waals surface area (Å²) in [4.78, 5) is 26.6. The maximum atomic E-state index is 12.4. The molecule has 5 nitrogen and oxygen atoms in total. The third kappa shape index (κ3) is 2.07. The van der Waals surface area contributed by atoms with Crippen LogP contribution in [0.3, 0.4) is 0 Å². The molecule has 5 heteroatoms. The molecule has 0 spiro atoms. The fraction of sp³-hybridized carbons (Fsp3) is 0.500. The summed E-state index contributed by atoms with van der Waals surface area (Å²) in [6.45, 7) is 4.34. The van der Waals surface area contributed by atoms with Gasteiger partial charge in [-0.3, -0.25) is 4.57 Å². The number of aromatic amines is 1. The smallest absolute Gasteiger partial charge is 0.337 e. The van der Waals surface area contributed by atoms with Crippen LogP contribution in [0.4, 0.5) is 0 Å². The van der Waals surface area contributed by atoms with E-state index in [0.29, 0.717) is 22.9 Å². The normalized spacial score (nSPS) is 25.5. The predicted octanol–water partition coefficient (Wildman–Crippen LogP) is 3.03. The lowest BCUT2D eigenvalue weighted by atomic mass is 9.93. The average Bonchev–Trinajstić information content (AvgIpc) is 2.97. The summed E-state index contributed by atoms with van der Waals surface area (Å²) < 4.78 is 1.68. The zero-order chi connectivity index (χ0) is 15.1. The van der Waals surface area contributed by atoms with Crippen molar-refractivity contribution in [3.05, 3.63) is 34.2 Å². The van der Waals surface area contributed by atoms with Crippen molar-refractivity contribution in [2.45, 2.75) is 39.2 Å². The molecule has 0 amide bonds. The van der Waals surface area contributed by atoms with Crippen LogP contribution in [0.5, 0.6) is 0 Å². The number of nitrogens with zero attached hydrogens (tertiary/aromatic N) is 1. The van der Waals surface area contributed by atoms with Gasteiger partial charge in [-0.1, -0.05) is 26.3 Å². The van der Waals surface area contributed by atoms with Crippen LogP contribution in [0.15, 0.2) is 23.0 Å². The zero-order valence-corrected chi connectivity index (χ0v) is 12.3. The summed E-state index contributed by atoms with van der Waals surface area (Å²) in [6.07, 6.45) is 3.12. The van der Waals surface area contributed by atoms with Gasteiger partial charge in [-0.15, -0.1) is 0 Å². The number of aromatic carboxylic acids is 1. The predicted molar refractivity (Wildman–Crippen MR) is 80.7 cm³/mol. The van der Waals surface area contributed by atoms with Gasteiger partial charge in [-0.2, -0.15) is 0 Å². The molecule has 3 atom stereocenters. The zero-order valence-electron chi connectivity index (χ0n) is 12.3. The number of carbonyl (C=O) groups is 1. The van der Waals surface area contributed by atoms with Gasteiger partial charge in [0.15, 0.2) is 0 Å². The number of hydrogen-bond acceptors (Lipinski definition) is 2. The van der Waals surface area contributed by atoms with Crippen LogP contribution in [0.1, 0.15) is 49.5 Å². The molecule has 112 valence electrons. The molecule has 21 heavy (non-hydrogen) atoms. The second-order valence-electron chi connectivity index (χ2n) is 5.98. The van der Waals surface area contributed by atoms with E-state index in [-0.39, 0.29) is 17.3 Å². The van der Waals surface area contributed by atoms with E-state index in [1.807, 2.05) is 0 Å². The average molecular weight is 288 g/mol. The molecule has 0 saturated heterocycles. The summed E-state index contributed by atoms with van der Waals surface area (Å²) >= 11 is 0. The van der Waals surface area contributed by atoms with Crippen molar-refractivity contribution < 1.29 is 9.90 Å². The number of fused-ring (bicyclic) bond motifs is 1. The van der Waals surface area contributed by atoms with Crippen molar-refractivity contribution in [2.75, 3.05) is 0 Å². The summed E-state index contributed by atoms with van der Waals surface area (Å²) in [5.74, 6) is -0.0107. The van der Waals surface area contributed by atoms with Gasteiger partial charge >= 0.3 is 11.7 Å². The highest BCUT2D eigenvalue weighted by Gasteiger charge is 2.35. The molecule has 2 aromatic rings. The van der Waals surface area contributed by atoms with Crippen LogP contribution in [-0.4, -0.2) is 20.6 Å². The van der Waals surface area contributed by atoms with Crippen molar-refractivity contribution in [2.24, 2.45) is 11.8 Å². The van der Waals surface area contributed by atoms with Gasteiger partial charge in [0, 0.05) is 6.04 Å². The largest absolute Gasteiger partial charge is 0.478 e. The fourth-order valence-corrected chi connectivity index (χ4v) is 3.83. The Morgan fingerprint density at radius 3 is 2.81 bits per heavy atom. The Morgan fingerprint density at radius 1 is 1.43 bits per heavy atom. The van der Waals surface area contributed by atoms with Gasteiger partial charge < -0.3 is 10.1 Å². The van der Waals surface area contributed by atoms with Crippen LogP contribution >= 0.6 is 0 Å². The Hall–Kier alpha value is -2.04. The third-order valence-corrected chi connectivity index (χ3v) is 5.01. The van der Waals surface area contributed by atoms with E-state index in [4.69, 9.17) is 0 Å². The molecule has 2 N–H and O–H groups in total. The highest BCUT2D eigenvalue weighted by atomic mass is 16.4. The first-order valence-corrected chi connectivity index (χ1v) is 7.51. The second-order valence-corrected chi connectivity index (χ2v) is 5.98. The summed E-state index contributed by atoms with van der Waals surface area (Å²) in [6, 6.07) is 5.07. The number of aromatic nitrogens is 2. The molecule has 1 aromatic heterocycles. The number of carboxylic acid groups (broad SMARTS) is 1. The molecular formula is C16H20N2O3. The van der Waals surface area contributed by atoms with E-state index in [9.17, 15) is 14.7 Å². The lowest BCUT2D eigenvalue weighted by molar-refractivity contribution is 0.0698. The van der Waals surface area contributed by atoms with E-state index in [0.717, 1.165) is 19.3 Å². The van der Waals surface area contributed by atoms with Crippen molar-refractivity contribution in [1.82, 2.24) is 9.55 Å². The highest BCUT2D eigenvalue weighted by Crippen LogP contribution is 2.42. The number of imidazole rings is 1. The Labute approximate surface area is 122 Å². The van der Waals surface area contributed by atoms with Crippen molar-refractivity contribution in [1.29, 1.82) is 0 Å². The Balaban J connectivity index is 2.21. The molecule has 3 unspecified atom stereocenters. The van der Waals surface area contributed by atoms with Crippen LogP contribution in [0, 0.1) is 11.8 Å². The number of nitrogens with one attached hydrogen (secondary N) is 1. The number of benzene rings is 1. The summed E-state index contributed by atoms with van der Waals surface area (Å²) in [5.41, 5.74) is 1.13.